The van der Waals surface area contributed by atoms with Crippen LogP contribution in [-0.4, -0.2) is 45.6 Å². The summed E-state index contributed by atoms with van der Waals surface area (Å²) in [6.07, 6.45) is 0.649. The lowest BCUT2D eigenvalue weighted by atomic mass is 10.2. The van der Waals surface area contributed by atoms with E-state index in [1.807, 2.05) is 30.3 Å². The molecular weight excluding hydrogens is 514 g/mol. The van der Waals surface area contributed by atoms with Crippen LogP contribution in [-0.2, 0) is 32.5 Å². The number of nitrogens with zero attached hydrogens (tertiary/aromatic N) is 3. The summed E-state index contributed by atoms with van der Waals surface area (Å²) >= 11 is 1.23. The highest BCUT2D eigenvalue weighted by molar-refractivity contribution is 7.92. The van der Waals surface area contributed by atoms with Gasteiger partial charge in [0.05, 0.1) is 29.5 Å². The van der Waals surface area contributed by atoms with Crippen LogP contribution in [0.3, 0.4) is 0 Å². The van der Waals surface area contributed by atoms with Crippen molar-refractivity contribution in [3.63, 3.8) is 0 Å². The van der Waals surface area contributed by atoms with Crippen molar-refractivity contribution in [1.82, 2.24) is 4.57 Å². The summed E-state index contributed by atoms with van der Waals surface area (Å²) < 4.78 is 40.5. The Morgan fingerprint density at radius 3 is 2.49 bits per heavy atom. The molecule has 37 heavy (non-hydrogen) atoms. The van der Waals surface area contributed by atoms with Gasteiger partial charge in [0.25, 0.3) is 15.9 Å². The zero-order chi connectivity index (χ0) is 26.2. The second kappa shape index (κ2) is 9.83. The summed E-state index contributed by atoms with van der Waals surface area (Å²) in [4.78, 5) is 29.8. The lowest BCUT2D eigenvalue weighted by Gasteiger charge is -2.19. The van der Waals surface area contributed by atoms with Crippen LogP contribution < -0.4 is 13.8 Å². The predicted octanol–water partition coefficient (Wildman–Crippen LogP) is 3.38. The summed E-state index contributed by atoms with van der Waals surface area (Å²) in [5.74, 6) is -0.540. The first-order valence-corrected chi connectivity index (χ1v) is 13.6. The molecule has 2 heterocycles. The molecule has 0 aliphatic carbocycles. The van der Waals surface area contributed by atoms with Crippen LogP contribution in [0.25, 0.3) is 10.2 Å². The van der Waals surface area contributed by atoms with E-state index in [1.165, 1.54) is 54.1 Å². The fourth-order valence-corrected chi connectivity index (χ4v) is 6.84. The summed E-state index contributed by atoms with van der Waals surface area (Å²) in [7, 11) is -0.972. The largest absolute Gasteiger partial charge is 0.495 e. The minimum atomic E-state index is -3.78. The first-order chi connectivity index (χ1) is 17.8. The standard InChI is InChI=1S/C26H23N3O6S2/c1-34-21-8-5-9-22-24(21)28(16-23(30)35-2)26(36-22)27-25(31)18-10-12-19(13-11-18)37(32,33)29-15-14-17-6-3-4-7-20(17)29/h3-13H,14-16H2,1-2H3. The van der Waals surface area contributed by atoms with E-state index >= 15 is 0 Å². The predicted molar refractivity (Wildman–Crippen MR) is 139 cm³/mol. The molecule has 190 valence electrons. The summed E-state index contributed by atoms with van der Waals surface area (Å²) in [5.41, 5.74) is 2.50. The molecule has 0 N–H and O–H groups in total. The number of para-hydroxylation sites is 2. The smallest absolute Gasteiger partial charge is 0.325 e. The maximum Gasteiger partial charge on any atom is 0.325 e. The molecule has 0 saturated carbocycles. The molecule has 0 bridgehead atoms. The van der Waals surface area contributed by atoms with Gasteiger partial charge in [-0.3, -0.25) is 13.9 Å². The summed E-state index contributed by atoms with van der Waals surface area (Å²) in [5, 5.41) is 0. The Morgan fingerprint density at radius 1 is 1.00 bits per heavy atom. The van der Waals surface area contributed by atoms with E-state index in [0.29, 0.717) is 34.7 Å². The topological polar surface area (TPSA) is 107 Å². The van der Waals surface area contributed by atoms with Crippen LogP contribution in [0.5, 0.6) is 5.75 Å². The molecule has 0 atom stereocenters. The normalized spacial score (nSPS) is 13.6. The number of rotatable bonds is 6. The Bertz CT molecular complexity index is 1690. The number of thiazole rings is 1. The van der Waals surface area contributed by atoms with E-state index in [2.05, 4.69) is 4.99 Å². The van der Waals surface area contributed by atoms with Crippen LogP contribution in [0.2, 0.25) is 0 Å². The molecule has 0 radical (unpaired) electrons. The number of esters is 1. The average molecular weight is 538 g/mol. The third-order valence-electron chi connectivity index (χ3n) is 6.13. The number of aromatic nitrogens is 1. The molecule has 1 amide bonds. The van der Waals surface area contributed by atoms with Crippen molar-refractivity contribution >= 4 is 49.1 Å². The van der Waals surface area contributed by atoms with E-state index in [-0.39, 0.29) is 17.0 Å². The number of ether oxygens (including phenoxy) is 2. The van der Waals surface area contributed by atoms with Gasteiger partial charge < -0.3 is 14.0 Å². The number of carbonyl (C=O) groups is 2. The first-order valence-electron chi connectivity index (χ1n) is 11.4. The molecular formula is C26H23N3O6S2. The summed E-state index contributed by atoms with van der Waals surface area (Å²) in [6, 6.07) is 18.5. The van der Waals surface area contributed by atoms with Crippen LogP contribution in [0.1, 0.15) is 15.9 Å². The van der Waals surface area contributed by atoms with Gasteiger partial charge in [0, 0.05) is 12.1 Å². The lowest BCUT2D eigenvalue weighted by molar-refractivity contribution is -0.141. The van der Waals surface area contributed by atoms with Gasteiger partial charge in [-0.15, -0.1) is 0 Å². The number of hydrogen-bond donors (Lipinski definition) is 0. The minimum Gasteiger partial charge on any atom is -0.495 e. The second-order valence-electron chi connectivity index (χ2n) is 8.25. The fourth-order valence-electron chi connectivity index (χ4n) is 4.29. The molecule has 1 aliphatic rings. The van der Waals surface area contributed by atoms with Crippen molar-refractivity contribution in [3.05, 3.63) is 82.7 Å². The lowest BCUT2D eigenvalue weighted by Crippen LogP contribution is -2.29. The van der Waals surface area contributed by atoms with Gasteiger partial charge >= 0.3 is 5.97 Å². The minimum absolute atomic E-state index is 0.0908. The number of sulfonamides is 1. The third kappa shape index (κ3) is 4.51. The molecule has 1 aromatic heterocycles. The molecule has 0 spiro atoms. The maximum absolute atomic E-state index is 13.3. The highest BCUT2D eigenvalue weighted by atomic mass is 32.2. The van der Waals surface area contributed by atoms with Crippen molar-refractivity contribution < 1.29 is 27.5 Å². The number of benzene rings is 3. The molecule has 3 aromatic carbocycles. The Hall–Kier alpha value is -3.96. The number of methoxy groups -OCH3 is 2. The number of amides is 1. The molecule has 4 aromatic rings. The van der Waals surface area contributed by atoms with Gasteiger partial charge in [-0.25, -0.2) is 8.42 Å². The number of fused-ring (bicyclic) bond motifs is 2. The molecule has 1 aliphatic heterocycles. The van der Waals surface area contributed by atoms with Crippen molar-refractivity contribution in [2.45, 2.75) is 17.9 Å². The van der Waals surface area contributed by atoms with Gasteiger partial charge in [-0.05, 0) is 54.4 Å². The Balaban J connectivity index is 1.49. The second-order valence-corrected chi connectivity index (χ2v) is 11.1. The number of hydrogen-bond acceptors (Lipinski definition) is 7. The molecule has 0 unspecified atom stereocenters. The zero-order valence-electron chi connectivity index (χ0n) is 20.1. The SMILES string of the molecule is COC(=O)Cn1c(=NC(=O)c2ccc(S(=O)(=O)N3CCc4ccccc43)cc2)sc2cccc(OC)c21. The van der Waals surface area contributed by atoms with Gasteiger partial charge in [-0.1, -0.05) is 35.6 Å². The van der Waals surface area contributed by atoms with Gasteiger partial charge in [-0.2, -0.15) is 4.99 Å². The fraction of sp³-hybridized carbons (Fsp3) is 0.192. The number of carbonyl (C=O) groups excluding carboxylic acids is 2. The van der Waals surface area contributed by atoms with Crippen LogP contribution in [0.15, 0.2) is 76.6 Å². The van der Waals surface area contributed by atoms with Crippen molar-refractivity contribution in [2.24, 2.45) is 4.99 Å². The van der Waals surface area contributed by atoms with Crippen molar-refractivity contribution in [2.75, 3.05) is 25.1 Å². The van der Waals surface area contributed by atoms with E-state index < -0.39 is 21.9 Å². The van der Waals surface area contributed by atoms with Gasteiger partial charge in [0.1, 0.15) is 17.8 Å². The van der Waals surface area contributed by atoms with E-state index in [0.717, 1.165) is 10.3 Å². The van der Waals surface area contributed by atoms with E-state index in [4.69, 9.17) is 9.47 Å². The third-order valence-corrected chi connectivity index (χ3v) is 9.00. The average Bonchev–Trinajstić information content (AvgIpc) is 3.50. The highest BCUT2D eigenvalue weighted by Gasteiger charge is 2.30. The molecule has 11 heteroatoms. The molecule has 9 nitrogen and oxygen atoms in total. The quantitative estimate of drug-likeness (QED) is 0.349. The van der Waals surface area contributed by atoms with Crippen LogP contribution in [0, 0.1) is 0 Å². The molecule has 0 fully saturated rings. The maximum atomic E-state index is 13.3. The van der Waals surface area contributed by atoms with E-state index in [1.54, 1.807) is 16.7 Å². The summed E-state index contributed by atoms with van der Waals surface area (Å²) in [6.45, 7) is 0.213. The number of anilines is 1. The molecule has 0 saturated heterocycles. The van der Waals surface area contributed by atoms with Crippen molar-refractivity contribution in [1.29, 1.82) is 0 Å². The van der Waals surface area contributed by atoms with Crippen LogP contribution >= 0.6 is 11.3 Å². The monoisotopic (exact) mass is 537 g/mol. The van der Waals surface area contributed by atoms with Crippen molar-refractivity contribution in [3.8, 4) is 5.75 Å². The van der Waals surface area contributed by atoms with Gasteiger partial charge in [0.15, 0.2) is 4.80 Å². The Labute approximate surface area is 217 Å². The zero-order valence-corrected chi connectivity index (χ0v) is 21.7. The van der Waals surface area contributed by atoms with Crippen LogP contribution in [0.4, 0.5) is 5.69 Å². The van der Waals surface area contributed by atoms with Gasteiger partial charge in [0.2, 0.25) is 0 Å². The first kappa shape index (κ1) is 24.7. The van der Waals surface area contributed by atoms with E-state index in [9.17, 15) is 18.0 Å². The Morgan fingerprint density at radius 2 is 1.76 bits per heavy atom. The Kier molecular flexibility index (Phi) is 6.57. The molecule has 5 rings (SSSR count). The highest BCUT2D eigenvalue weighted by Crippen LogP contribution is 2.33.